The van der Waals surface area contributed by atoms with Crippen molar-refractivity contribution in [3.8, 4) is 6.07 Å². The van der Waals surface area contributed by atoms with E-state index in [-0.39, 0.29) is 11.9 Å². The van der Waals surface area contributed by atoms with Crippen molar-refractivity contribution < 1.29 is 4.79 Å². The number of para-hydroxylation sites is 1. The van der Waals surface area contributed by atoms with Crippen molar-refractivity contribution >= 4 is 17.3 Å². The highest BCUT2D eigenvalue weighted by atomic mass is 16.2. The normalized spacial score (nSPS) is 16.1. The van der Waals surface area contributed by atoms with Crippen molar-refractivity contribution in [1.29, 1.82) is 5.26 Å². The molecule has 1 fully saturated rings. The van der Waals surface area contributed by atoms with Crippen LogP contribution in [0.4, 0.5) is 11.4 Å². The number of rotatable bonds is 4. The van der Waals surface area contributed by atoms with Gasteiger partial charge in [-0.1, -0.05) is 24.3 Å². The zero-order valence-corrected chi connectivity index (χ0v) is 16.9. The summed E-state index contributed by atoms with van der Waals surface area (Å²) in [5, 5.41) is 12.5. The highest BCUT2D eigenvalue weighted by molar-refractivity contribution is 5.95. The third kappa shape index (κ3) is 4.52. The highest BCUT2D eigenvalue weighted by Crippen LogP contribution is 2.22. The maximum atomic E-state index is 12.8. The zero-order chi connectivity index (χ0) is 20.1. The molecule has 0 aromatic heterocycles. The summed E-state index contributed by atoms with van der Waals surface area (Å²) in [4.78, 5) is 17.3. The number of aryl methyl sites for hydroxylation is 2. The van der Waals surface area contributed by atoms with E-state index in [4.69, 9.17) is 0 Å². The van der Waals surface area contributed by atoms with Gasteiger partial charge in [0.15, 0.2) is 0 Å². The topological polar surface area (TPSA) is 59.4 Å². The molecule has 1 aliphatic heterocycles. The molecule has 1 N–H and O–H groups in total. The molecular weight excluding hydrogens is 348 g/mol. The van der Waals surface area contributed by atoms with Crippen molar-refractivity contribution in [2.75, 3.05) is 36.4 Å². The maximum Gasteiger partial charge on any atom is 0.241 e. The van der Waals surface area contributed by atoms with Crippen LogP contribution in [0.1, 0.15) is 30.0 Å². The first-order valence-electron chi connectivity index (χ1n) is 9.86. The lowest BCUT2D eigenvalue weighted by Crippen LogP contribution is -2.44. The van der Waals surface area contributed by atoms with Crippen LogP contribution in [0.25, 0.3) is 0 Å². The number of carbonyl (C=O) groups is 1. The van der Waals surface area contributed by atoms with Crippen molar-refractivity contribution in [3.05, 3.63) is 59.2 Å². The van der Waals surface area contributed by atoms with Gasteiger partial charge in [0.1, 0.15) is 6.07 Å². The summed E-state index contributed by atoms with van der Waals surface area (Å²) in [6.45, 7) is 9.37. The van der Waals surface area contributed by atoms with Crippen LogP contribution < -0.4 is 10.2 Å². The van der Waals surface area contributed by atoms with Gasteiger partial charge in [-0.15, -0.1) is 0 Å². The summed E-state index contributed by atoms with van der Waals surface area (Å²) in [5.74, 6) is 0.0274. The van der Waals surface area contributed by atoms with E-state index in [1.165, 1.54) is 0 Å². The largest absolute Gasteiger partial charge is 0.369 e. The maximum absolute atomic E-state index is 12.8. The van der Waals surface area contributed by atoms with Crippen LogP contribution in [0.5, 0.6) is 0 Å². The summed E-state index contributed by atoms with van der Waals surface area (Å²) < 4.78 is 0. The van der Waals surface area contributed by atoms with Crippen LogP contribution in [0.3, 0.4) is 0 Å². The van der Waals surface area contributed by atoms with E-state index in [1.807, 2.05) is 57.2 Å². The molecule has 0 saturated carbocycles. The number of nitrogens with one attached hydrogen (secondary N) is 1. The predicted octanol–water partition coefficient (Wildman–Crippen LogP) is 3.71. The van der Waals surface area contributed by atoms with E-state index in [0.29, 0.717) is 5.56 Å². The van der Waals surface area contributed by atoms with E-state index in [9.17, 15) is 10.1 Å². The molecule has 1 aliphatic rings. The van der Waals surface area contributed by atoms with Gasteiger partial charge in [0.25, 0.3) is 0 Å². The van der Waals surface area contributed by atoms with E-state index in [1.54, 1.807) is 0 Å². The monoisotopic (exact) mass is 376 g/mol. The second kappa shape index (κ2) is 8.90. The van der Waals surface area contributed by atoms with Crippen molar-refractivity contribution in [2.45, 2.75) is 33.2 Å². The van der Waals surface area contributed by atoms with Gasteiger partial charge in [-0.3, -0.25) is 9.69 Å². The Kier molecular flexibility index (Phi) is 6.33. The number of amides is 1. The van der Waals surface area contributed by atoms with Crippen LogP contribution in [0.2, 0.25) is 0 Å². The highest BCUT2D eigenvalue weighted by Gasteiger charge is 2.25. The number of hydrogen-bond donors (Lipinski definition) is 1. The molecule has 0 spiro atoms. The second-order valence-corrected chi connectivity index (χ2v) is 7.49. The molecule has 5 heteroatoms. The summed E-state index contributed by atoms with van der Waals surface area (Å²) in [7, 11) is 0. The summed E-state index contributed by atoms with van der Waals surface area (Å²) in [6.07, 6.45) is 0.959. The van der Waals surface area contributed by atoms with E-state index in [0.717, 1.165) is 55.1 Å². The van der Waals surface area contributed by atoms with Crippen LogP contribution >= 0.6 is 0 Å². The Balaban J connectivity index is 1.65. The van der Waals surface area contributed by atoms with Gasteiger partial charge in [0.05, 0.1) is 17.3 Å². The predicted molar refractivity (Wildman–Crippen MR) is 114 cm³/mol. The Hall–Kier alpha value is -2.84. The summed E-state index contributed by atoms with van der Waals surface area (Å²) >= 11 is 0. The molecule has 2 aromatic carbocycles. The van der Waals surface area contributed by atoms with Gasteiger partial charge >= 0.3 is 0 Å². The average Bonchev–Trinajstić information content (AvgIpc) is 2.96. The minimum Gasteiger partial charge on any atom is -0.369 e. The smallest absolute Gasteiger partial charge is 0.241 e. The van der Waals surface area contributed by atoms with Gasteiger partial charge in [0.2, 0.25) is 5.91 Å². The molecule has 0 aliphatic carbocycles. The van der Waals surface area contributed by atoms with Crippen molar-refractivity contribution in [2.24, 2.45) is 0 Å². The first kappa shape index (κ1) is 19.9. The molecule has 2 aromatic rings. The summed E-state index contributed by atoms with van der Waals surface area (Å²) in [6, 6.07) is 15.9. The average molecular weight is 377 g/mol. The number of hydrogen-bond acceptors (Lipinski definition) is 4. The molecular formula is C23H28N4O. The third-order valence-corrected chi connectivity index (χ3v) is 5.47. The van der Waals surface area contributed by atoms with Crippen LogP contribution in [-0.2, 0) is 4.79 Å². The molecule has 1 atom stereocenters. The van der Waals surface area contributed by atoms with Crippen LogP contribution in [0, 0.1) is 25.2 Å². The molecule has 1 heterocycles. The molecule has 146 valence electrons. The molecule has 0 unspecified atom stereocenters. The van der Waals surface area contributed by atoms with Gasteiger partial charge in [0, 0.05) is 31.9 Å². The van der Waals surface area contributed by atoms with Gasteiger partial charge in [-0.2, -0.15) is 5.26 Å². The van der Waals surface area contributed by atoms with Gasteiger partial charge in [-0.25, -0.2) is 0 Å². The Morgan fingerprint density at radius 3 is 2.68 bits per heavy atom. The van der Waals surface area contributed by atoms with Crippen molar-refractivity contribution in [3.63, 3.8) is 0 Å². The minimum atomic E-state index is -0.203. The lowest BCUT2D eigenvalue weighted by Gasteiger charge is -2.28. The first-order valence-corrected chi connectivity index (χ1v) is 9.86. The summed E-state index contributed by atoms with van der Waals surface area (Å²) in [5.41, 5.74) is 4.78. The third-order valence-electron chi connectivity index (χ3n) is 5.47. The Morgan fingerprint density at radius 2 is 1.89 bits per heavy atom. The van der Waals surface area contributed by atoms with E-state index < -0.39 is 0 Å². The molecule has 1 amide bonds. The Labute approximate surface area is 167 Å². The SMILES string of the molecule is Cc1ccc(C)c(NC(=O)[C@H](C)N2CCCN(c3ccccc3C#N)CC2)c1. The molecule has 1 saturated heterocycles. The van der Waals surface area contributed by atoms with E-state index in [2.05, 4.69) is 27.3 Å². The fraction of sp³-hybridized carbons (Fsp3) is 0.391. The second-order valence-electron chi connectivity index (χ2n) is 7.49. The lowest BCUT2D eigenvalue weighted by atomic mass is 10.1. The molecule has 28 heavy (non-hydrogen) atoms. The Bertz CT molecular complexity index is 886. The van der Waals surface area contributed by atoms with Crippen molar-refractivity contribution in [1.82, 2.24) is 4.90 Å². The molecule has 0 radical (unpaired) electrons. The number of nitrogens with zero attached hydrogens (tertiary/aromatic N) is 3. The quantitative estimate of drug-likeness (QED) is 0.884. The number of carbonyl (C=O) groups excluding carboxylic acids is 1. The lowest BCUT2D eigenvalue weighted by molar-refractivity contribution is -0.120. The fourth-order valence-corrected chi connectivity index (χ4v) is 3.68. The molecule has 0 bridgehead atoms. The Morgan fingerprint density at radius 1 is 1.11 bits per heavy atom. The number of anilines is 2. The number of nitriles is 1. The molecule has 3 rings (SSSR count). The molecule has 5 nitrogen and oxygen atoms in total. The zero-order valence-electron chi connectivity index (χ0n) is 16.9. The van der Waals surface area contributed by atoms with Crippen LogP contribution in [-0.4, -0.2) is 43.0 Å². The van der Waals surface area contributed by atoms with Crippen LogP contribution in [0.15, 0.2) is 42.5 Å². The fourth-order valence-electron chi connectivity index (χ4n) is 3.68. The van der Waals surface area contributed by atoms with Gasteiger partial charge < -0.3 is 10.2 Å². The minimum absolute atomic E-state index is 0.0274. The van der Waals surface area contributed by atoms with Gasteiger partial charge in [-0.05, 0) is 56.5 Å². The number of benzene rings is 2. The first-order chi connectivity index (χ1) is 13.5. The van der Waals surface area contributed by atoms with E-state index >= 15 is 0 Å². The standard InChI is InChI=1S/C23H28N4O/c1-17-9-10-18(2)21(15-17)25-23(28)19(3)26-11-6-12-27(14-13-26)22-8-5-4-7-20(22)16-24/h4-5,7-10,15,19H,6,11-14H2,1-3H3,(H,25,28)/t19-/m0/s1.